The molecular weight excluding hydrogens is 164 g/mol. The maximum absolute atomic E-state index is 11.0. The lowest BCUT2D eigenvalue weighted by atomic mass is 10.1. The number of aryl methyl sites for hydroxylation is 1. The molecule has 0 aliphatic heterocycles. The van der Waals surface area contributed by atoms with Crippen LogP contribution in [0, 0.1) is 6.92 Å². The molecule has 0 spiro atoms. The molecule has 1 aromatic heterocycles. The number of aromatic nitrogens is 1. The molecule has 1 aromatic rings. The molecule has 3 heteroatoms. The molecule has 0 amide bonds. The van der Waals surface area contributed by atoms with Crippen molar-refractivity contribution in [3.63, 3.8) is 0 Å². The molecule has 3 N–H and O–H groups in total. The molecule has 0 aliphatic carbocycles. The summed E-state index contributed by atoms with van der Waals surface area (Å²) in [5, 5.41) is 0. The van der Waals surface area contributed by atoms with Crippen molar-refractivity contribution in [2.45, 2.75) is 19.4 Å². The number of hydrogen-bond acceptors (Lipinski definition) is 2. The van der Waals surface area contributed by atoms with Crippen molar-refractivity contribution in [3.8, 4) is 0 Å². The third kappa shape index (κ3) is 2.29. The Morgan fingerprint density at radius 3 is 3.00 bits per heavy atom. The average Bonchev–Trinajstić information content (AvgIpc) is 2.10. The zero-order valence-corrected chi connectivity index (χ0v) is 7.71. The van der Waals surface area contributed by atoms with Gasteiger partial charge in [0.2, 0.25) is 0 Å². The summed E-state index contributed by atoms with van der Waals surface area (Å²) in [6.07, 6.45) is 4.14. The fraction of sp³-hybridized carbons (Fsp3) is 0.300. The number of H-pyrrole nitrogens is 1. The summed E-state index contributed by atoms with van der Waals surface area (Å²) in [6, 6.07) is 1.74. The predicted molar refractivity (Wildman–Crippen MR) is 53.5 cm³/mol. The van der Waals surface area contributed by atoms with Crippen LogP contribution in [-0.4, -0.2) is 4.98 Å². The summed E-state index contributed by atoms with van der Waals surface area (Å²) >= 11 is 0. The fourth-order valence-corrected chi connectivity index (χ4v) is 1.15. The van der Waals surface area contributed by atoms with Gasteiger partial charge < -0.3 is 10.7 Å². The first-order chi connectivity index (χ1) is 6.15. The van der Waals surface area contributed by atoms with Gasteiger partial charge in [0.05, 0.1) is 0 Å². The van der Waals surface area contributed by atoms with E-state index in [-0.39, 0.29) is 11.6 Å². The van der Waals surface area contributed by atoms with E-state index in [4.69, 9.17) is 5.73 Å². The minimum atomic E-state index is -0.0759. The van der Waals surface area contributed by atoms with E-state index in [2.05, 4.69) is 11.6 Å². The maximum atomic E-state index is 11.0. The monoisotopic (exact) mass is 178 g/mol. The van der Waals surface area contributed by atoms with Crippen LogP contribution in [-0.2, 0) is 0 Å². The zero-order chi connectivity index (χ0) is 9.84. The quantitative estimate of drug-likeness (QED) is 0.684. The molecule has 0 bridgehead atoms. The van der Waals surface area contributed by atoms with Crippen LogP contribution in [0.5, 0.6) is 0 Å². The Morgan fingerprint density at radius 1 is 1.77 bits per heavy atom. The first-order valence-corrected chi connectivity index (χ1v) is 4.21. The molecule has 0 saturated heterocycles. The van der Waals surface area contributed by atoms with Crippen LogP contribution in [0.4, 0.5) is 0 Å². The van der Waals surface area contributed by atoms with E-state index < -0.39 is 0 Å². The molecule has 0 radical (unpaired) electrons. The Morgan fingerprint density at radius 2 is 2.46 bits per heavy atom. The molecule has 0 aliphatic rings. The molecule has 0 unspecified atom stereocenters. The molecular formula is C10H14N2O. The van der Waals surface area contributed by atoms with E-state index in [1.165, 1.54) is 0 Å². The van der Waals surface area contributed by atoms with Gasteiger partial charge in [0.15, 0.2) is 0 Å². The molecule has 3 nitrogen and oxygen atoms in total. The minimum absolute atomic E-state index is 0.0606. The smallest absolute Gasteiger partial charge is 0.250 e. The summed E-state index contributed by atoms with van der Waals surface area (Å²) in [4.78, 5) is 13.7. The van der Waals surface area contributed by atoms with Crippen LogP contribution in [0.3, 0.4) is 0 Å². The van der Waals surface area contributed by atoms with Crippen LogP contribution in [0.25, 0.3) is 0 Å². The second-order valence-electron chi connectivity index (χ2n) is 3.08. The van der Waals surface area contributed by atoms with E-state index in [1.54, 1.807) is 19.2 Å². The lowest BCUT2D eigenvalue weighted by Gasteiger charge is -2.08. The Labute approximate surface area is 77.3 Å². The third-order valence-corrected chi connectivity index (χ3v) is 1.96. The van der Waals surface area contributed by atoms with E-state index in [1.807, 2.05) is 6.07 Å². The normalized spacial score (nSPS) is 12.5. The Bertz CT molecular complexity index is 354. The molecule has 1 heterocycles. The predicted octanol–water partition coefficient (Wildman–Crippen LogP) is 1.26. The second kappa shape index (κ2) is 4.05. The van der Waals surface area contributed by atoms with Gasteiger partial charge in [-0.3, -0.25) is 4.79 Å². The van der Waals surface area contributed by atoms with E-state index in [9.17, 15) is 4.79 Å². The summed E-state index contributed by atoms with van der Waals surface area (Å²) in [5.41, 5.74) is 7.40. The molecule has 0 aromatic carbocycles. The first kappa shape index (κ1) is 9.74. The summed E-state index contributed by atoms with van der Waals surface area (Å²) < 4.78 is 0. The van der Waals surface area contributed by atoms with Crippen molar-refractivity contribution in [2.24, 2.45) is 5.73 Å². The average molecular weight is 178 g/mol. The zero-order valence-electron chi connectivity index (χ0n) is 7.71. The van der Waals surface area contributed by atoms with Gasteiger partial charge in [-0.05, 0) is 25.0 Å². The van der Waals surface area contributed by atoms with E-state index in [0.29, 0.717) is 12.0 Å². The number of nitrogens with one attached hydrogen (secondary N) is 1. The van der Waals surface area contributed by atoms with Crippen molar-refractivity contribution in [3.05, 3.63) is 46.4 Å². The summed E-state index contributed by atoms with van der Waals surface area (Å²) in [6.45, 7) is 5.38. The Balaban J connectivity index is 2.96. The van der Waals surface area contributed by atoms with Gasteiger partial charge in [-0.1, -0.05) is 6.08 Å². The maximum Gasteiger partial charge on any atom is 0.250 e. The van der Waals surface area contributed by atoms with Crippen molar-refractivity contribution < 1.29 is 0 Å². The van der Waals surface area contributed by atoms with Gasteiger partial charge in [-0.15, -0.1) is 6.58 Å². The van der Waals surface area contributed by atoms with Gasteiger partial charge in [0.25, 0.3) is 5.56 Å². The molecule has 13 heavy (non-hydrogen) atoms. The molecule has 1 atom stereocenters. The summed E-state index contributed by atoms with van der Waals surface area (Å²) in [5.74, 6) is 0. The van der Waals surface area contributed by atoms with E-state index in [0.717, 1.165) is 5.56 Å². The highest BCUT2D eigenvalue weighted by atomic mass is 16.1. The highest BCUT2D eigenvalue weighted by Crippen LogP contribution is 2.12. The van der Waals surface area contributed by atoms with Crippen molar-refractivity contribution >= 4 is 0 Å². The second-order valence-corrected chi connectivity index (χ2v) is 3.08. The molecule has 1 rings (SSSR count). The summed E-state index contributed by atoms with van der Waals surface area (Å²) in [7, 11) is 0. The first-order valence-electron chi connectivity index (χ1n) is 4.21. The number of rotatable bonds is 3. The number of aromatic amines is 1. The van der Waals surface area contributed by atoms with Gasteiger partial charge in [0, 0.05) is 17.8 Å². The van der Waals surface area contributed by atoms with Crippen LogP contribution in [0.1, 0.15) is 23.6 Å². The fourth-order valence-electron chi connectivity index (χ4n) is 1.15. The number of pyridine rings is 1. The lowest BCUT2D eigenvalue weighted by Crippen LogP contribution is -2.14. The highest BCUT2D eigenvalue weighted by molar-refractivity contribution is 5.20. The van der Waals surface area contributed by atoms with E-state index >= 15 is 0 Å². The van der Waals surface area contributed by atoms with Crippen LogP contribution >= 0.6 is 0 Å². The van der Waals surface area contributed by atoms with Gasteiger partial charge in [-0.25, -0.2) is 0 Å². The van der Waals surface area contributed by atoms with Crippen molar-refractivity contribution in [1.82, 2.24) is 4.98 Å². The minimum Gasteiger partial charge on any atom is -0.329 e. The van der Waals surface area contributed by atoms with Crippen molar-refractivity contribution in [1.29, 1.82) is 0 Å². The Kier molecular flexibility index (Phi) is 3.03. The van der Waals surface area contributed by atoms with Crippen LogP contribution in [0.2, 0.25) is 0 Å². The van der Waals surface area contributed by atoms with Crippen molar-refractivity contribution in [2.75, 3.05) is 0 Å². The van der Waals surface area contributed by atoms with Crippen LogP contribution < -0.4 is 11.3 Å². The number of nitrogens with two attached hydrogens (primary N) is 1. The number of hydrogen-bond donors (Lipinski definition) is 2. The SMILES string of the molecule is C=CC[C@@H](N)c1c[nH]c(=O)c(C)c1. The van der Waals surface area contributed by atoms with Gasteiger partial charge >= 0.3 is 0 Å². The highest BCUT2D eigenvalue weighted by Gasteiger charge is 2.04. The third-order valence-electron chi connectivity index (χ3n) is 1.96. The van der Waals surface area contributed by atoms with Gasteiger partial charge in [-0.2, -0.15) is 0 Å². The van der Waals surface area contributed by atoms with Crippen LogP contribution in [0.15, 0.2) is 29.7 Å². The molecule has 0 saturated carbocycles. The van der Waals surface area contributed by atoms with Gasteiger partial charge in [0.1, 0.15) is 0 Å². The topological polar surface area (TPSA) is 58.9 Å². The molecule has 0 fully saturated rings. The largest absolute Gasteiger partial charge is 0.329 e. The standard InChI is InChI=1S/C10H14N2O/c1-3-4-9(11)8-5-7(2)10(13)12-6-8/h3,5-6,9H,1,4,11H2,2H3,(H,12,13)/t9-/m1/s1. The molecule has 70 valence electrons. The Hall–Kier alpha value is -1.35. The lowest BCUT2D eigenvalue weighted by molar-refractivity contribution is 0.735.